The Labute approximate surface area is 133 Å². The molecule has 0 aliphatic heterocycles. The lowest BCUT2D eigenvalue weighted by Gasteiger charge is -2.13. The summed E-state index contributed by atoms with van der Waals surface area (Å²) in [7, 11) is -3.70. The number of imidazole rings is 1. The Morgan fingerprint density at radius 2 is 1.57 bits per heavy atom. The predicted octanol–water partition coefficient (Wildman–Crippen LogP) is 2.58. The minimum Gasteiger partial charge on any atom is -0.306 e. The summed E-state index contributed by atoms with van der Waals surface area (Å²) in [6, 6.07) is 8.53. The molecule has 3 aromatic rings. The van der Waals surface area contributed by atoms with Crippen molar-refractivity contribution >= 4 is 26.7 Å². The molecule has 0 bridgehead atoms. The first-order chi connectivity index (χ1) is 10.8. The van der Waals surface area contributed by atoms with Gasteiger partial charge in [-0.3, -0.25) is 4.72 Å². The van der Waals surface area contributed by atoms with Gasteiger partial charge in [-0.1, -0.05) is 17.7 Å². The average molecular weight is 331 g/mol. The fourth-order valence-electron chi connectivity index (χ4n) is 2.60. The monoisotopic (exact) mass is 331 g/mol. The van der Waals surface area contributed by atoms with Crippen LogP contribution in [0.1, 0.15) is 16.7 Å². The fraction of sp³-hybridized carbons (Fsp3) is 0.188. The molecule has 6 nitrogen and oxygen atoms in total. The van der Waals surface area contributed by atoms with Crippen LogP contribution in [0.3, 0.4) is 0 Å². The van der Waals surface area contributed by atoms with Gasteiger partial charge in [-0.15, -0.1) is 0 Å². The van der Waals surface area contributed by atoms with Crippen molar-refractivity contribution in [2.75, 3.05) is 4.72 Å². The lowest BCUT2D eigenvalue weighted by atomic mass is 10.2. The van der Waals surface area contributed by atoms with E-state index in [0.717, 1.165) is 11.1 Å². The summed E-state index contributed by atoms with van der Waals surface area (Å²) in [6.45, 7) is 5.46. The van der Waals surface area contributed by atoms with Crippen molar-refractivity contribution in [1.29, 1.82) is 0 Å². The molecule has 3 N–H and O–H groups in total. The van der Waals surface area contributed by atoms with E-state index in [9.17, 15) is 13.2 Å². The predicted molar refractivity (Wildman–Crippen MR) is 90.4 cm³/mol. The Morgan fingerprint density at radius 3 is 2.22 bits per heavy atom. The van der Waals surface area contributed by atoms with Crippen molar-refractivity contribution in [3.05, 3.63) is 57.5 Å². The third kappa shape index (κ3) is 2.87. The summed E-state index contributed by atoms with van der Waals surface area (Å²) in [5, 5.41) is 0. The number of fused-ring (bicyclic) bond motifs is 1. The van der Waals surface area contributed by atoms with Crippen molar-refractivity contribution in [2.45, 2.75) is 25.7 Å². The molecule has 0 radical (unpaired) electrons. The van der Waals surface area contributed by atoms with Gasteiger partial charge < -0.3 is 9.97 Å². The van der Waals surface area contributed by atoms with E-state index in [1.807, 2.05) is 13.0 Å². The number of aromatic nitrogens is 2. The van der Waals surface area contributed by atoms with Gasteiger partial charge in [-0.25, -0.2) is 13.2 Å². The molecule has 0 amide bonds. The second-order valence-electron chi connectivity index (χ2n) is 5.67. The molecular formula is C16H17N3O3S. The molecule has 0 aliphatic carbocycles. The van der Waals surface area contributed by atoms with Crippen LogP contribution in [0.15, 0.2) is 40.0 Å². The summed E-state index contributed by atoms with van der Waals surface area (Å²) >= 11 is 0. The first kappa shape index (κ1) is 15.4. The first-order valence-corrected chi connectivity index (χ1v) is 8.57. The largest absolute Gasteiger partial charge is 0.323 e. The molecule has 1 heterocycles. The van der Waals surface area contributed by atoms with E-state index in [2.05, 4.69) is 14.7 Å². The zero-order chi connectivity index (χ0) is 16.8. The van der Waals surface area contributed by atoms with Crippen LogP contribution in [-0.2, 0) is 10.0 Å². The van der Waals surface area contributed by atoms with E-state index in [1.165, 1.54) is 0 Å². The molecule has 120 valence electrons. The Kier molecular flexibility index (Phi) is 3.52. The van der Waals surface area contributed by atoms with Crippen molar-refractivity contribution in [2.24, 2.45) is 0 Å². The van der Waals surface area contributed by atoms with Gasteiger partial charge in [-0.2, -0.15) is 0 Å². The topological polar surface area (TPSA) is 94.8 Å². The number of rotatable bonds is 3. The second-order valence-corrected chi connectivity index (χ2v) is 7.32. The van der Waals surface area contributed by atoms with Crippen molar-refractivity contribution in [1.82, 2.24) is 9.97 Å². The van der Waals surface area contributed by atoms with Crippen LogP contribution < -0.4 is 10.4 Å². The van der Waals surface area contributed by atoms with Gasteiger partial charge in [0.1, 0.15) is 0 Å². The average Bonchev–Trinajstić information content (AvgIpc) is 2.77. The molecule has 0 aliphatic rings. The van der Waals surface area contributed by atoms with Crippen molar-refractivity contribution in [3.63, 3.8) is 0 Å². The lowest BCUT2D eigenvalue weighted by Crippen LogP contribution is -2.15. The number of hydrogen-bond donors (Lipinski definition) is 3. The van der Waals surface area contributed by atoms with E-state index in [0.29, 0.717) is 22.3 Å². The van der Waals surface area contributed by atoms with Crippen LogP contribution in [0.2, 0.25) is 0 Å². The zero-order valence-corrected chi connectivity index (χ0v) is 13.8. The first-order valence-electron chi connectivity index (χ1n) is 7.09. The van der Waals surface area contributed by atoms with Crippen LogP contribution in [0, 0.1) is 20.8 Å². The van der Waals surface area contributed by atoms with Crippen molar-refractivity contribution < 1.29 is 8.42 Å². The molecule has 23 heavy (non-hydrogen) atoms. The Morgan fingerprint density at radius 1 is 0.913 bits per heavy atom. The molecule has 0 spiro atoms. The fourth-order valence-corrected chi connectivity index (χ4v) is 3.95. The third-order valence-corrected chi connectivity index (χ3v) is 5.25. The SMILES string of the molecule is Cc1ccc(S(=O)(=O)Nc2cc3[nH]c(=O)[nH]c3cc2C)c(C)c1. The quantitative estimate of drug-likeness (QED) is 0.688. The molecule has 0 saturated heterocycles. The number of sulfonamides is 1. The zero-order valence-electron chi connectivity index (χ0n) is 13.0. The Hall–Kier alpha value is -2.54. The standard InChI is InChI=1S/C16H17N3O3S/c1-9-4-5-15(11(3)6-9)23(21,22)19-12-8-14-13(7-10(12)2)17-16(20)18-14/h4-8,19H,1-3H3,(H2,17,18,20). The number of benzene rings is 2. The highest BCUT2D eigenvalue weighted by Gasteiger charge is 2.18. The smallest absolute Gasteiger partial charge is 0.306 e. The highest BCUT2D eigenvalue weighted by molar-refractivity contribution is 7.92. The van der Waals surface area contributed by atoms with Gasteiger partial charge in [0, 0.05) is 0 Å². The van der Waals surface area contributed by atoms with Crippen LogP contribution >= 0.6 is 0 Å². The number of anilines is 1. The van der Waals surface area contributed by atoms with E-state index < -0.39 is 10.0 Å². The number of aryl methyl sites for hydroxylation is 3. The minimum absolute atomic E-state index is 0.241. The molecular weight excluding hydrogens is 314 g/mol. The van der Waals surface area contributed by atoms with E-state index in [4.69, 9.17) is 0 Å². The summed E-state index contributed by atoms with van der Waals surface area (Å²) in [4.78, 5) is 16.9. The van der Waals surface area contributed by atoms with E-state index in [1.54, 1.807) is 38.1 Å². The van der Waals surface area contributed by atoms with Crippen LogP contribution in [0.5, 0.6) is 0 Å². The number of H-pyrrole nitrogens is 2. The molecule has 1 aromatic heterocycles. The lowest BCUT2D eigenvalue weighted by molar-refractivity contribution is 0.600. The molecule has 0 fully saturated rings. The minimum atomic E-state index is -3.70. The maximum Gasteiger partial charge on any atom is 0.323 e. The third-order valence-electron chi connectivity index (χ3n) is 3.73. The summed E-state index contributed by atoms with van der Waals surface area (Å²) in [5.74, 6) is 0. The maximum absolute atomic E-state index is 12.6. The van der Waals surface area contributed by atoms with Crippen LogP contribution in [0.25, 0.3) is 11.0 Å². The summed E-state index contributed by atoms with van der Waals surface area (Å²) in [5.41, 5.74) is 3.72. The second kappa shape index (κ2) is 5.27. The van der Waals surface area contributed by atoms with Crippen LogP contribution in [0.4, 0.5) is 5.69 Å². The molecule has 2 aromatic carbocycles. The summed E-state index contributed by atoms with van der Waals surface area (Å²) in [6.07, 6.45) is 0. The van der Waals surface area contributed by atoms with Gasteiger partial charge in [0.05, 0.1) is 21.6 Å². The van der Waals surface area contributed by atoms with Gasteiger partial charge in [0.15, 0.2) is 0 Å². The number of hydrogen-bond acceptors (Lipinski definition) is 3. The molecule has 0 unspecified atom stereocenters. The van der Waals surface area contributed by atoms with Gasteiger partial charge in [-0.05, 0) is 50.1 Å². The Balaban J connectivity index is 2.06. The molecule has 0 saturated carbocycles. The highest BCUT2D eigenvalue weighted by atomic mass is 32.2. The normalized spacial score (nSPS) is 11.8. The van der Waals surface area contributed by atoms with Crippen LogP contribution in [-0.4, -0.2) is 18.4 Å². The van der Waals surface area contributed by atoms with Gasteiger partial charge in [0.2, 0.25) is 0 Å². The number of nitrogens with one attached hydrogen (secondary N) is 3. The van der Waals surface area contributed by atoms with E-state index >= 15 is 0 Å². The van der Waals surface area contributed by atoms with Gasteiger partial charge >= 0.3 is 5.69 Å². The van der Waals surface area contributed by atoms with Crippen molar-refractivity contribution in [3.8, 4) is 0 Å². The Bertz CT molecular complexity index is 1060. The highest BCUT2D eigenvalue weighted by Crippen LogP contribution is 2.25. The molecule has 7 heteroatoms. The number of aromatic amines is 2. The molecule has 3 rings (SSSR count). The maximum atomic E-state index is 12.6. The van der Waals surface area contributed by atoms with E-state index in [-0.39, 0.29) is 10.6 Å². The summed E-state index contributed by atoms with van der Waals surface area (Å²) < 4.78 is 27.9. The van der Waals surface area contributed by atoms with Gasteiger partial charge in [0.25, 0.3) is 10.0 Å². The molecule has 0 atom stereocenters.